The number of nitrogens with zero attached hydrogens (tertiary/aromatic N) is 1. The van der Waals surface area contributed by atoms with Crippen molar-refractivity contribution in [2.24, 2.45) is 0 Å². The second-order valence-electron chi connectivity index (χ2n) is 7.09. The highest BCUT2D eigenvalue weighted by atomic mass is 127. The number of halogens is 1. The summed E-state index contributed by atoms with van der Waals surface area (Å²) in [5, 5.41) is 2.88. The van der Waals surface area contributed by atoms with Crippen LogP contribution in [0.2, 0.25) is 0 Å². The van der Waals surface area contributed by atoms with E-state index in [1.165, 1.54) is 12.1 Å². The molecule has 0 fully saturated rings. The maximum atomic E-state index is 13.3. The number of hydrogen-bond donors (Lipinski definition) is 1. The molecule has 0 radical (unpaired) electrons. The number of hydrogen-bond acceptors (Lipinski definition) is 3. The normalized spacial score (nSPS) is 11.3. The number of nitrogens with one attached hydrogen (secondary N) is 1. The van der Waals surface area contributed by atoms with Gasteiger partial charge in [-0.05, 0) is 76.5 Å². The van der Waals surface area contributed by atoms with Gasteiger partial charge in [-0.2, -0.15) is 0 Å². The summed E-state index contributed by atoms with van der Waals surface area (Å²) in [5.74, 6) is -0.178. The zero-order valence-corrected chi connectivity index (χ0v) is 19.7. The lowest BCUT2D eigenvalue weighted by atomic mass is 10.0. The van der Waals surface area contributed by atoms with Crippen LogP contribution >= 0.6 is 22.6 Å². The largest absolute Gasteiger partial charge is 0.324 e. The Balaban J connectivity index is 1.94. The van der Waals surface area contributed by atoms with Crippen LogP contribution in [0.25, 0.3) is 0 Å². The van der Waals surface area contributed by atoms with Gasteiger partial charge < -0.3 is 5.32 Å². The maximum absolute atomic E-state index is 13.3. The zero-order valence-electron chi connectivity index (χ0n) is 16.7. The standard InChI is InChI=1S/C23H23IN2O3S/c1-17(2)21-10-6-7-11-22(21)25-23(27)16-26(19-14-12-18(24)13-15-19)30(28,29)20-8-4-3-5-9-20/h3-15,17H,16H2,1-2H3,(H,25,27). The van der Waals surface area contributed by atoms with E-state index in [1.54, 1.807) is 30.3 Å². The maximum Gasteiger partial charge on any atom is 0.264 e. The molecular weight excluding hydrogens is 511 g/mol. The Bertz CT molecular complexity index is 1110. The summed E-state index contributed by atoms with van der Waals surface area (Å²) in [7, 11) is -3.91. The molecule has 0 aromatic heterocycles. The fourth-order valence-electron chi connectivity index (χ4n) is 3.08. The van der Waals surface area contributed by atoms with Crippen molar-refractivity contribution in [2.45, 2.75) is 24.7 Å². The van der Waals surface area contributed by atoms with Crippen LogP contribution in [-0.4, -0.2) is 20.9 Å². The Morgan fingerprint density at radius 2 is 1.53 bits per heavy atom. The van der Waals surface area contributed by atoms with Crippen molar-refractivity contribution in [1.82, 2.24) is 0 Å². The van der Waals surface area contributed by atoms with Crippen LogP contribution in [-0.2, 0) is 14.8 Å². The van der Waals surface area contributed by atoms with Gasteiger partial charge in [0.15, 0.2) is 0 Å². The third-order valence-electron chi connectivity index (χ3n) is 4.59. The van der Waals surface area contributed by atoms with E-state index in [2.05, 4.69) is 27.9 Å². The lowest BCUT2D eigenvalue weighted by molar-refractivity contribution is -0.114. The lowest BCUT2D eigenvalue weighted by Crippen LogP contribution is -2.38. The van der Waals surface area contributed by atoms with Crippen molar-refractivity contribution in [3.05, 3.63) is 88.0 Å². The minimum Gasteiger partial charge on any atom is -0.324 e. The first-order chi connectivity index (χ1) is 14.3. The molecule has 30 heavy (non-hydrogen) atoms. The van der Waals surface area contributed by atoms with Crippen molar-refractivity contribution in [3.63, 3.8) is 0 Å². The van der Waals surface area contributed by atoms with E-state index in [-0.39, 0.29) is 17.4 Å². The number of carbonyl (C=O) groups excluding carboxylic acids is 1. The second kappa shape index (κ2) is 9.61. The average molecular weight is 534 g/mol. The van der Waals surface area contributed by atoms with Crippen molar-refractivity contribution in [2.75, 3.05) is 16.2 Å². The highest BCUT2D eigenvalue weighted by molar-refractivity contribution is 14.1. The Kier molecular flexibility index (Phi) is 7.14. The number of carbonyl (C=O) groups is 1. The predicted octanol–water partition coefficient (Wildman–Crippen LogP) is 5.25. The van der Waals surface area contributed by atoms with E-state index in [0.717, 1.165) is 13.4 Å². The molecule has 3 rings (SSSR count). The molecule has 7 heteroatoms. The molecule has 0 aliphatic rings. The second-order valence-corrected chi connectivity index (χ2v) is 10.2. The molecule has 0 saturated heterocycles. The number of benzene rings is 3. The van der Waals surface area contributed by atoms with E-state index >= 15 is 0 Å². The first kappa shape index (κ1) is 22.3. The number of para-hydroxylation sites is 1. The quantitative estimate of drug-likeness (QED) is 0.422. The number of sulfonamides is 1. The lowest BCUT2D eigenvalue weighted by Gasteiger charge is -2.24. The zero-order chi connectivity index (χ0) is 21.7. The molecule has 1 amide bonds. The molecule has 3 aromatic rings. The summed E-state index contributed by atoms with van der Waals surface area (Å²) in [6.07, 6.45) is 0. The third-order valence-corrected chi connectivity index (χ3v) is 7.10. The molecule has 0 saturated carbocycles. The Morgan fingerprint density at radius 3 is 2.17 bits per heavy atom. The van der Waals surface area contributed by atoms with E-state index in [1.807, 2.05) is 50.2 Å². The van der Waals surface area contributed by atoms with Crippen LogP contribution in [0.4, 0.5) is 11.4 Å². The van der Waals surface area contributed by atoms with Gasteiger partial charge in [0.2, 0.25) is 5.91 Å². The Morgan fingerprint density at radius 1 is 0.933 bits per heavy atom. The molecule has 0 aliphatic carbocycles. The summed E-state index contributed by atoms with van der Waals surface area (Å²) in [6, 6.07) is 22.7. The van der Waals surface area contributed by atoms with Crippen LogP contribution in [0.1, 0.15) is 25.3 Å². The first-order valence-electron chi connectivity index (χ1n) is 9.51. The molecule has 3 aromatic carbocycles. The van der Waals surface area contributed by atoms with Gasteiger partial charge in [-0.1, -0.05) is 50.2 Å². The molecule has 5 nitrogen and oxygen atoms in total. The number of amides is 1. The van der Waals surface area contributed by atoms with E-state index in [9.17, 15) is 13.2 Å². The highest BCUT2D eigenvalue weighted by Crippen LogP contribution is 2.26. The highest BCUT2D eigenvalue weighted by Gasteiger charge is 2.27. The number of rotatable bonds is 7. The molecule has 0 bridgehead atoms. The van der Waals surface area contributed by atoms with Gasteiger partial charge in [-0.3, -0.25) is 9.10 Å². The van der Waals surface area contributed by atoms with Crippen molar-refractivity contribution in [3.8, 4) is 0 Å². The SMILES string of the molecule is CC(C)c1ccccc1NC(=O)CN(c1ccc(I)cc1)S(=O)(=O)c1ccccc1. The van der Waals surface area contributed by atoms with E-state index < -0.39 is 15.9 Å². The van der Waals surface area contributed by atoms with E-state index in [4.69, 9.17) is 0 Å². The van der Waals surface area contributed by atoms with Gasteiger partial charge >= 0.3 is 0 Å². The topological polar surface area (TPSA) is 66.5 Å². The summed E-state index contributed by atoms with van der Waals surface area (Å²) < 4.78 is 28.8. The van der Waals surface area contributed by atoms with Gasteiger partial charge in [0.05, 0.1) is 10.6 Å². The summed E-state index contributed by atoms with van der Waals surface area (Å²) in [4.78, 5) is 13.0. The fraction of sp³-hybridized carbons (Fsp3) is 0.174. The average Bonchev–Trinajstić information content (AvgIpc) is 2.73. The fourth-order valence-corrected chi connectivity index (χ4v) is 4.88. The van der Waals surface area contributed by atoms with Crippen molar-refractivity contribution >= 4 is 49.9 Å². The van der Waals surface area contributed by atoms with Crippen LogP contribution in [0.5, 0.6) is 0 Å². The van der Waals surface area contributed by atoms with Gasteiger partial charge in [0, 0.05) is 9.26 Å². The molecular formula is C23H23IN2O3S. The van der Waals surface area contributed by atoms with Gasteiger partial charge in [-0.15, -0.1) is 0 Å². The Hall–Kier alpha value is -2.39. The van der Waals surface area contributed by atoms with Gasteiger partial charge in [0.25, 0.3) is 10.0 Å². The smallest absolute Gasteiger partial charge is 0.264 e. The monoisotopic (exact) mass is 534 g/mol. The summed E-state index contributed by atoms with van der Waals surface area (Å²) in [5.41, 5.74) is 2.13. The number of anilines is 2. The molecule has 0 unspecified atom stereocenters. The molecule has 0 aliphatic heterocycles. The van der Waals surface area contributed by atoms with Crippen LogP contribution in [0, 0.1) is 3.57 Å². The predicted molar refractivity (Wildman–Crippen MR) is 129 cm³/mol. The van der Waals surface area contributed by atoms with Crippen LogP contribution in [0.3, 0.4) is 0 Å². The molecule has 0 heterocycles. The van der Waals surface area contributed by atoms with Crippen molar-refractivity contribution in [1.29, 1.82) is 0 Å². The molecule has 0 spiro atoms. The van der Waals surface area contributed by atoms with Gasteiger partial charge in [-0.25, -0.2) is 8.42 Å². The first-order valence-corrected chi connectivity index (χ1v) is 12.0. The third kappa shape index (κ3) is 5.20. The summed E-state index contributed by atoms with van der Waals surface area (Å²) >= 11 is 2.16. The van der Waals surface area contributed by atoms with Crippen LogP contribution < -0.4 is 9.62 Å². The van der Waals surface area contributed by atoms with Crippen LogP contribution in [0.15, 0.2) is 83.8 Å². The minimum atomic E-state index is -3.91. The van der Waals surface area contributed by atoms with Gasteiger partial charge in [0.1, 0.15) is 6.54 Å². The Labute approximate surface area is 191 Å². The molecule has 156 valence electrons. The summed E-state index contributed by atoms with van der Waals surface area (Å²) in [6.45, 7) is 3.76. The van der Waals surface area contributed by atoms with Crippen molar-refractivity contribution < 1.29 is 13.2 Å². The van der Waals surface area contributed by atoms with E-state index in [0.29, 0.717) is 11.4 Å². The molecule has 0 atom stereocenters. The molecule has 1 N–H and O–H groups in total. The minimum absolute atomic E-state index is 0.138.